The third-order valence-electron chi connectivity index (χ3n) is 2.81. The molecule has 1 saturated heterocycles. The predicted molar refractivity (Wildman–Crippen MR) is 79.5 cm³/mol. The molecule has 8 heteroatoms. The summed E-state index contributed by atoms with van der Waals surface area (Å²) < 4.78 is 9.46. The van der Waals surface area contributed by atoms with E-state index in [0.29, 0.717) is 11.1 Å². The van der Waals surface area contributed by atoms with Crippen LogP contribution in [0, 0.1) is 0 Å². The number of carbonyl (C=O) groups excluding carboxylic acids is 1. The van der Waals surface area contributed by atoms with Crippen LogP contribution >= 0.6 is 11.5 Å². The number of ether oxygens (including phenoxy) is 1. The van der Waals surface area contributed by atoms with Crippen LogP contribution in [0.1, 0.15) is 20.8 Å². The molecule has 0 aliphatic carbocycles. The zero-order chi connectivity index (χ0) is 14.8. The predicted octanol–water partition coefficient (Wildman–Crippen LogP) is 1.64. The number of likely N-dealkylation sites (N-methyl/N-ethyl adjacent to an activating group) is 1. The molecule has 0 saturated carbocycles. The summed E-state index contributed by atoms with van der Waals surface area (Å²) in [5, 5.41) is 3.08. The van der Waals surface area contributed by atoms with E-state index in [1.54, 1.807) is 0 Å². The number of nitrogens with zero attached hydrogens (tertiary/aromatic N) is 4. The van der Waals surface area contributed by atoms with Gasteiger partial charge < -0.3 is 14.5 Å². The maximum absolute atomic E-state index is 11.6. The molecule has 0 radical (unpaired) electrons. The second-order valence-corrected chi connectivity index (χ2v) is 6.57. The van der Waals surface area contributed by atoms with Gasteiger partial charge in [0.15, 0.2) is 0 Å². The Bertz CT molecular complexity index is 463. The number of amides is 1. The largest absolute Gasteiger partial charge is 0.444 e. The highest BCUT2D eigenvalue weighted by Crippen LogP contribution is 2.20. The summed E-state index contributed by atoms with van der Waals surface area (Å²) in [5.41, 5.74) is -0.519. The van der Waals surface area contributed by atoms with Gasteiger partial charge in [0.1, 0.15) is 5.60 Å². The first-order valence-corrected chi connectivity index (χ1v) is 7.38. The molecule has 0 unspecified atom stereocenters. The Hall–Kier alpha value is -1.41. The van der Waals surface area contributed by atoms with Gasteiger partial charge in [-0.25, -0.2) is 4.79 Å². The molecule has 0 bridgehead atoms. The number of hydrogen-bond donors (Lipinski definition) is 1. The standard InChI is InChI=1S/C12H21N5O2S/c1-12(2,3)19-11(18)14-10-13-9(15-20-10)17-7-5-16(4)6-8-17/h5-8H2,1-4H3,(H,13,14,15,18). The van der Waals surface area contributed by atoms with Crippen LogP contribution in [0.25, 0.3) is 0 Å². The topological polar surface area (TPSA) is 70.6 Å². The minimum atomic E-state index is -0.519. The summed E-state index contributed by atoms with van der Waals surface area (Å²) in [6.07, 6.45) is -0.501. The third-order valence-corrected chi connectivity index (χ3v) is 3.43. The average molecular weight is 299 g/mol. The van der Waals surface area contributed by atoms with E-state index < -0.39 is 11.7 Å². The Morgan fingerprint density at radius 2 is 1.95 bits per heavy atom. The summed E-state index contributed by atoms with van der Waals surface area (Å²) in [4.78, 5) is 20.4. The van der Waals surface area contributed by atoms with Crippen LogP contribution in [0.4, 0.5) is 15.9 Å². The lowest BCUT2D eigenvalue weighted by Gasteiger charge is -2.31. The van der Waals surface area contributed by atoms with Crippen LogP contribution < -0.4 is 10.2 Å². The fraction of sp³-hybridized carbons (Fsp3) is 0.750. The molecule has 1 fully saturated rings. The number of nitrogens with one attached hydrogen (secondary N) is 1. The van der Waals surface area contributed by atoms with Crippen LogP contribution in [0.15, 0.2) is 0 Å². The molecule has 1 aromatic heterocycles. The molecule has 7 nitrogen and oxygen atoms in total. The lowest BCUT2D eigenvalue weighted by molar-refractivity contribution is 0.0636. The van der Waals surface area contributed by atoms with Crippen LogP contribution in [0.5, 0.6) is 0 Å². The van der Waals surface area contributed by atoms with E-state index in [0.717, 1.165) is 26.2 Å². The molecule has 1 aliphatic heterocycles. The number of piperazine rings is 1. The van der Waals surface area contributed by atoms with E-state index in [-0.39, 0.29) is 0 Å². The van der Waals surface area contributed by atoms with Gasteiger partial charge in [-0.05, 0) is 27.8 Å². The van der Waals surface area contributed by atoms with Gasteiger partial charge in [-0.15, -0.1) is 0 Å². The minimum Gasteiger partial charge on any atom is -0.444 e. The van der Waals surface area contributed by atoms with Gasteiger partial charge in [0.25, 0.3) is 0 Å². The van der Waals surface area contributed by atoms with Crippen molar-refractivity contribution in [2.24, 2.45) is 0 Å². The SMILES string of the molecule is CN1CCN(c2nsc(NC(=O)OC(C)(C)C)n2)CC1. The van der Waals surface area contributed by atoms with Crippen molar-refractivity contribution in [1.29, 1.82) is 0 Å². The van der Waals surface area contributed by atoms with E-state index >= 15 is 0 Å². The van der Waals surface area contributed by atoms with Gasteiger partial charge >= 0.3 is 6.09 Å². The maximum atomic E-state index is 11.6. The van der Waals surface area contributed by atoms with Crippen LogP contribution in [-0.4, -0.2) is 59.2 Å². The molecule has 20 heavy (non-hydrogen) atoms. The molecule has 1 amide bonds. The zero-order valence-electron chi connectivity index (χ0n) is 12.3. The van der Waals surface area contributed by atoms with Crippen molar-refractivity contribution < 1.29 is 9.53 Å². The van der Waals surface area contributed by atoms with E-state index in [9.17, 15) is 4.79 Å². The summed E-state index contributed by atoms with van der Waals surface area (Å²) >= 11 is 1.17. The Balaban J connectivity index is 1.90. The summed E-state index contributed by atoms with van der Waals surface area (Å²) in [5.74, 6) is 0.675. The molecule has 1 aliphatic rings. The molecule has 1 N–H and O–H groups in total. The summed E-state index contributed by atoms with van der Waals surface area (Å²) in [6.45, 7) is 9.26. The highest BCUT2D eigenvalue weighted by molar-refractivity contribution is 7.10. The third kappa shape index (κ3) is 4.31. The highest BCUT2D eigenvalue weighted by Gasteiger charge is 2.20. The number of anilines is 2. The van der Waals surface area contributed by atoms with Gasteiger partial charge in [-0.1, -0.05) is 0 Å². The Kier molecular flexibility index (Phi) is 4.44. The van der Waals surface area contributed by atoms with Gasteiger partial charge in [0, 0.05) is 37.7 Å². The fourth-order valence-corrected chi connectivity index (χ4v) is 2.37. The molecular formula is C12H21N5O2S. The number of aromatic nitrogens is 2. The molecule has 0 atom stereocenters. The first-order valence-electron chi connectivity index (χ1n) is 6.61. The second-order valence-electron chi connectivity index (χ2n) is 5.82. The fourth-order valence-electron chi connectivity index (χ4n) is 1.79. The highest BCUT2D eigenvalue weighted by atomic mass is 32.1. The molecule has 112 valence electrons. The molecule has 2 rings (SSSR count). The van der Waals surface area contributed by atoms with Crippen LogP contribution in [-0.2, 0) is 4.74 Å². The van der Waals surface area contributed by atoms with E-state index in [1.165, 1.54) is 11.5 Å². The lowest BCUT2D eigenvalue weighted by atomic mass is 10.2. The average Bonchev–Trinajstić information content (AvgIpc) is 2.75. The van der Waals surface area contributed by atoms with Crippen molar-refractivity contribution in [3.8, 4) is 0 Å². The van der Waals surface area contributed by atoms with Crippen molar-refractivity contribution in [2.75, 3.05) is 43.4 Å². The maximum Gasteiger partial charge on any atom is 0.414 e. The van der Waals surface area contributed by atoms with Crippen LogP contribution in [0.2, 0.25) is 0 Å². The van der Waals surface area contributed by atoms with E-state index in [4.69, 9.17) is 4.74 Å². The van der Waals surface area contributed by atoms with Crippen LogP contribution in [0.3, 0.4) is 0 Å². The molecule has 1 aromatic rings. The van der Waals surface area contributed by atoms with E-state index in [1.807, 2.05) is 20.8 Å². The smallest absolute Gasteiger partial charge is 0.414 e. The summed E-state index contributed by atoms with van der Waals surface area (Å²) in [6, 6.07) is 0. The minimum absolute atomic E-state index is 0.466. The van der Waals surface area contributed by atoms with Crippen molar-refractivity contribution >= 4 is 28.7 Å². The second kappa shape index (κ2) is 5.92. The van der Waals surface area contributed by atoms with Crippen molar-refractivity contribution in [3.63, 3.8) is 0 Å². The first-order chi connectivity index (χ1) is 9.33. The van der Waals surface area contributed by atoms with Gasteiger partial charge in [-0.3, -0.25) is 5.32 Å². The lowest BCUT2D eigenvalue weighted by Crippen LogP contribution is -2.44. The monoisotopic (exact) mass is 299 g/mol. The van der Waals surface area contributed by atoms with Gasteiger partial charge in [0.05, 0.1) is 0 Å². The number of rotatable bonds is 2. The molecular weight excluding hydrogens is 278 g/mol. The van der Waals surface area contributed by atoms with Crippen molar-refractivity contribution in [2.45, 2.75) is 26.4 Å². The van der Waals surface area contributed by atoms with Crippen molar-refractivity contribution in [1.82, 2.24) is 14.3 Å². The molecule has 0 spiro atoms. The zero-order valence-corrected chi connectivity index (χ0v) is 13.2. The number of hydrogen-bond acceptors (Lipinski definition) is 7. The van der Waals surface area contributed by atoms with Gasteiger partial charge in [0.2, 0.25) is 11.1 Å². The normalized spacial score (nSPS) is 17.1. The quantitative estimate of drug-likeness (QED) is 0.895. The molecule has 0 aromatic carbocycles. The summed E-state index contributed by atoms with van der Waals surface area (Å²) in [7, 11) is 2.10. The Labute approximate surface area is 123 Å². The molecule has 2 heterocycles. The van der Waals surface area contributed by atoms with E-state index in [2.05, 4.69) is 31.5 Å². The first kappa shape index (κ1) is 15.0. The Morgan fingerprint density at radius 3 is 2.55 bits per heavy atom. The van der Waals surface area contributed by atoms with Gasteiger partial charge in [-0.2, -0.15) is 9.36 Å². The Morgan fingerprint density at radius 1 is 1.30 bits per heavy atom. The number of carbonyl (C=O) groups is 1. The van der Waals surface area contributed by atoms with Crippen molar-refractivity contribution in [3.05, 3.63) is 0 Å².